The van der Waals surface area contributed by atoms with E-state index in [0.29, 0.717) is 17.7 Å². The molecule has 5 heteroatoms. The van der Waals surface area contributed by atoms with Crippen molar-refractivity contribution in [3.05, 3.63) is 0 Å². The largest absolute Gasteiger partial charge is 0.377 e. The van der Waals surface area contributed by atoms with Gasteiger partial charge in [0.25, 0.3) is 0 Å². The lowest BCUT2D eigenvalue weighted by Gasteiger charge is -2.35. The first kappa shape index (κ1) is 15.8. The molecule has 3 aliphatic rings. The van der Waals surface area contributed by atoms with Gasteiger partial charge < -0.3 is 10.1 Å². The van der Waals surface area contributed by atoms with Crippen molar-refractivity contribution in [1.29, 1.82) is 0 Å². The first-order chi connectivity index (χ1) is 9.93. The molecule has 0 bridgehead atoms. The lowest BCUT2D eigenvalue weighted by molar-refractivity contribution is 0.0290. The van der Waals surface area contributed by atoms with Crippen LogP contribution in [0.5, 0.6) is 0 Å². The summed E-state index contributed by atoms with van der Waals surface area (Å²) in [5.74, 6) is 0.985. The van der Waals surface area contributed by atoms with Gasteiger partial charge in [-0.05, 0) is 58.3 Å². The molecule has 2 atom stereocenters. The third-order valence-electron chi connectivity index (χ3n) is 5.47. The van der Waals surface area contributed by atoms with E-state index in [0.717, 1.165) is 26.0 Å². The highest BCUT2D eigenvalue weighted by molar-refractivity contribution is 7.91. The average molecular weight is 315 g/mol. The monoisotopic (exact) mass is 315 g/mol. The molecule has 3 fully saturated rings. The van der Waals surface area contributed by atoms with Gasteiger partial charge in [-0.1, -0.05) is 0 Å². The molecule has 2 unspecified atom stereocenters. The summed E-state index contributed by atoms with van der Waals surface area (Å²) in [6, 6.07) is 0.670. The highest BCUT2D eigenvalue weighted by atomic mass is 32.2. The van der Waals surface area contributed by atoms with Crippen molar-refractivity contribution >= 4 is 9.84 Å². The molecule has 0 spiro atoms. The Morgan fingerprint density at radius 3 is 2.52 bits per heavy atom. The van der Waals surface area contributed by atoms with E-state index >= 15 is 0 Å². The van der Waals surface area contributed by atoms with Crippen LogP contribution in [0.2, 0.25) is 0 Å². The summed E-state index contributed by atoms with van der Waals surface area (Å²) in [6.45, 7) is 5.31. The van der Waals surface area contributed by atoms with E-state index in [1.165, 1.54) is 25.7 Å². The molecule has 122 valence electrons. The Bertz CT molecular complexity index is 468. The highest BCUT2D eigenvalue weighted by Gasteiger charge is 2.51. The molecule has 1 heterocycles. The minimum absolute atomic E-state index is 0.0473. The van der Waals surface area contributed by atoms with Crippen molar-refractivity contribution in [2.75, 3.05) is 18.9 Å². The van der Waals surface area contributed by atoms with Gasteiger partial charge in [0.05, 0.1) is 17.1 Å². The van der Waals surface area contributed by atoms with Gasteiger partial charge in [0.2, 0.25) is 0 Å². The molecule has 21 heavy (non-hydrogen) atoms. The van der Waals surface area contributed by atoms with Crippen LogP contribution in [0.3, 0.4) is 0 Å². The van der Waals surface area contributed by atoms with E-state index < -0.39 is 9.84 Å². The number of sulfone groups is 1. The number of nitrogens with one attached hydrogen (secondary N) is 1. The molecule has 1 saturated heterocycles. The van der Waals surface area contributed by atoms with Crippen molar-refractivity contribution in [3.63, 3.8) is 0 Å². The summed E-state index contributed by atoms with van der Waals surface area (Å²) >= 11 is 0. The smallest absolute Gasteiger partial charge is 0.152 e. The summed E-state index contributed by atoms with van der Waals surface area (Å²) in [5.41, 5.74) is 0.0473. The zero-order valence-electron chi connectivity index (χ0n) is 13.3. The van der Waals surface area contributed by atoms with Gasteiger partial charge in [0, 0.05) is 24.6 Å². The maximum atomic E-state index is 12.2. The summed E-state index contributed by atoms with van der Waals surface area (Å²) in [4.78, 5) is 0. The van der Waals surface area contributed by atoms with Gasteiger partial charge in [0.1, 0.15) is 0 Å². The predicted molar refractivity (Wildman–Crippen MR) is 84.1 cm³/mol. The summed E-state index contributed by atoms with van der Waals surface area (Å²) in [5, 5.41) is 3.37. The fourth-order valence-electron chi connectivity index (χ4n) is 3.50. The Hall–Kier alpha value is -0.130. The third kappa shape index (κ3) is 3.62. The SMILES string of the molecule is CC(C)S(=O)(=O)CCC1(CNC2CC2)CCOC1C1CC1. The van der Waals surface area contributed by atoms with Crippen molar-refractivity contribution in [2.24, 2.45) is 11.3 Å². The van der Waals surface area contributed by atoms with E-state index in [1.807, 2.05) is 0 Å². The Balaban J connectivity index is 1.68. The van der Waals surface area contributed by atoms with Crippen molar-refractivity contribution in [1.82, 2.24) is 5.32 Å². The number of hydrogen-bond donors (Lipinski definition) is 1. The molecule has 1 aliphatic heterocycles. The van der Waals surface area contributed by atoms with Crippen LogP contribution in [0.1, 0.15) is 52.4 Å². The molecular weight excluding hydrogens is 286 g/mol. The molecule has 0 radical (unpaired) electrons. The van der Waals surface area contributed by atoms with Crippen LogP contribution in [0.15, 0.2) is 0 Å². The molecule has 1 N–H and O–H groups in total. The van der Waals surface area contributed by atoms with Crippen molar-refractivity contribution < 1.29 is 13.2 Å². The topological polar surface area (TPSA) is 55.4 Å². The Kier molecular flexibility index (Phi) is 4.37. The summed E-state index contributed by atoms with van der Waals surface area (Å²) < 4.78 is 30.5. The second-order valence-corrected chi connectivity index (χ2v) is 10.2. The van der Waals surface area contributed by atoms with Crippen LogP contribution >= 0.6 is 0 Å². The molecular formula is C16H29NO3S. The van der Waals surface area contributed by atoms with Gasteiger partial charge in [0.15, 0.2) is 9.84 Å². The minimum atomic E-state index is -2.96. The highest BCUT2D eigenvalue weighted by Crippen LogP contribution is 2.49. The van der Waals surface area contributed by atoms with E-state index in [2.05, 4.69) is 5.32 Å². The molecule has 0 aromatic carbocycles. The lowest BCUT2D eigenvalue weighted by Crippen LogP contribution is -2.44. The standard InChI is InChI=1S/C16H29NO3S/c1-12(2)21(18,19)10-8-16(11-17-14-5-6-14)7-9-20-15(16)13-3-4-13/h12-15,17H,3-11H2,1-2H3. The van der Waals surface area contributed by atoms with Crippen LogP contribution < -0.4 is 5.32 Å². The molecule has 0 aromatic heterocycles. The van der Waals surface area contributed by atoms with Crippen LogP contribution in [0, 0.1) is 11.3 Å². The van der Waals surface area contributed by atoms with Crippen LogP contribution in [-0.4, -0.2) is 44.7 Å². The zero-order valence-corrected chi connectivity index (χ0v) is 14.1. The fourth-order valence-corrected chi connectivity index (χ4v) is 4.67. The predicted octanol–water partition coefficient (Wildman–Crippen LogP) is 2.14. The van der Waals surface area contributed by atoms with Crippen LogP contribution in [-0.2, 0) is 14.6 Å². The van der Waals surface area contributed by atoms with Crippen LogP contribution in [0.4, 0.5) is 0 Å². The first-order valence-corrected chi connectivity index (χ1v) is 10.2. The lowest BCUT2D eigenvalue weighted by atomic mass is 9.76. The van der Waals surface area contributed by atoms with Crippen molar-refractivity contribution in [2.45, 2.75) is 69.8 Å². The Morgan fingerprint density at radius 1 is 1.24 bits per heavy atom. The van der Waals surface area contributed by atoms with Gasteiger partial charge in [-0.2, -0.15) is 0 Å². The summed E-state index contributed by atoms with van der Waals surface area (Å²) in [7, 11) is -2.96. The zero-order chi connectivity index (χ0) is 15.1. The molecule has 3 rings (SSSR count). The first-order valence-electron chi connectivity index (χ1n) is 8.49. The third-order valence-corrected chi connectivity index (χ3v) is 7.68. The van der Waals surface area contributed by atoms with Crippen molar-refractivity contribution in [3.8, 4) is 0 Å². The Labute approximate surface area is 128 Å². The van der Waals surface area contributed by atoms with E-state index in [1.54, 1.807) is 13.8 Å². The fraction of sp³-hybridized carbons (Fsp3) is 1.00. The van der Waals surface area contributed by atoms with E-state index in [-0.39, 0.29) is 16.8 Å². The number of ether oxygens (including phenoxy) is 1. The van der Waals surface area contributed by atoms with Gasteiger partial charge in [-0.15, -0.1) is 0 Å². The number of hydrogen-bond acceptors (Lipinski definition) is 4. The molecule has 2 saturated carbocycles. The molecule has 0 amide bonds. The van der Waals surface area contributed by atoms with E-state index in [4.69, 9.17) is 4.74 Å². The van der Waals surface area contributed by atoms with E-state index in [9.17, 15) is 8.42 Å². The molecule has 4 nitrogen and oxygen atoms in total. The van der Waals surface area contributed by atoms with Crippen LogP contribution in [0.25, 0.3) is 0 Å². The minimum Gasteiger partial charge on any atom is -0.377 e. The Morgan fingerprint density at radius 2 is 1.95 bits per heavy atom. The summed E-state index contributed by atoms with van der Waals surface area (Å²) in [6.07, 6.45) is 7.12. The maximum Gasteiger partial charge on any atom is 0.152 e. The maximum absolute atomic E-state index is 12.2. The van der Waals surface area contributed by atoms with Gasteiger partial charge in [-0.3, -0.25) is 0 Å². The normalized spacial score (nSPS) is 33.8. The molecule has 2 aliphatic carbocycles. The van der Waals surface area contributed by atoms with Gasteiger partial charge in [-0.25, -0.2) is 8.42 Å². The molecule has 0 aromatic rings. The average Bonchev–Trinajstić information content (AvgIpc) is 3.34. The number of rotatable bonds is 8. The second kappa shape index (κ2) is 5.82. The second-order valence-electron chi connectivity index (χ2n) is 7.56. The quantitative estimate of drug-likeness (QED) is 0.745. The van der Waals surface area contributed by atoms with Gasteiger partial charge >= 0.3 is 0 Å².